The van der Waals surface area contributed by atoms with Crippen molar-refractivity contribution in [2.45, 2.75) is 25.8 Å². The molecule has 0 bridgehead atoms. The van der Waals surface area contributed by atoms with Gasteiger partial charge in [-0.25, -0.2) is 0 Å². The van der Waals surface area contributed by atoms with Gasteiger partial charge in [0.15, 0.2) is 0 Å². The lowest BCUT2D eigenvalue weighted by molar-refractivity contribution is 0.645. The molecule has 3 rings (SSSR count). The van der Waals surface area contributed by atoms with Gasteiger partial charge in [0.25, 0.3) is 0 Å². The molecule has 0 radical (unpaired) electrons. The third-order valence-corrected chi connectivity index (χ3v) is 5.11. The fourth-order valence-corrected chi connectivity index (χ4v) is 3.95. The largest absolute Gasteiger partial charge is 0.323 e. The second kappa shape index (κ2) is 4.80. The van der Waals surface area contributed by atoms with Crippen molar-refractivity contribution in [3.8, 4) is 10.4 Å². The van der Waals surface area contributed by atoms with Crippen molar-refractivity contribution in [3.05, 3.63) is 45.2 Å². The van der Waals surface area contributed by atoms with Gasteiger partial charge in [-0.05, 0) is 61.1 Å². The first-order chi connectivity index (χ1) is 8.63. The Kier molecular flexibility index (Phi) is 3.31. The molecule has 1 unspecified atom stereocenters. The quantitative estimate of drug-likeness (QED) is 0.855. The monoisotopic (exact) mass is 321 g/mol. The molecule has 2 aromatic rings. The van der Waals surface area contributed by atoms with E-state index in [1.54, 1.807) is 0 Å². The van der Waals surface area contributed by atoms with Gasteiger partial charge in [0.05, 0.1) is 0 Å². The van der Waals surface area contributed by atoms with Crippen LogP contribution in [-0.4, -0.2) is 0 Å². The molecule has 18 heavy (non-hydrogen) atoms. The lowest BCUT2D eigenvalue weighted by Gasteiger charge is -2.06. The molecule has 0 spiro atoms. The summed E-state index contributed by atoms with van der Waals surface area (Å²) in [6, 6.07) is 11.2. The van der Waals surface area contributed by atoms with Crippen LogP contribution in [0.4, 0.5) is 0 Å². The fraction of sp³-hybridized carbons (Fsp3) is 0.333. The average molecular weight is 322 g/mol. The SMILES string of the molecule is Cc1cc(Br)cc(-c2ccc(C(N)C3CC3)s2)c1. The highest BCUT2D eigenvalue weighted by molar-refractivity contribution is 9.10. The zero-order valence-corrected chi connectivity index (χ0v) is 12.7. The van der Waals surface area contributed by atoms with Gasteiger partial charge in [0, 0.05) is 20.3 Å². The first kappa shape index (κ1) is 12.4. The van der Waals surface area contributed by atoms with Gasteiger partial charge < -0.3 is 5.73 Å². The first-order valence-electron chi connectivity index (χ1n) is 6.26. The Labute approximate surface area is 120 Å². The number of hydrogen-bond acceptors (Lipinski definition) is 2. The molecule has 1 aliphatic carbocycles. The average Bonchev–Trinajstić information content (AvgIpc) is 3.04. The highest BCUT2D eigenvalue weighted by Gasteiger charge is 2.30. The van der Waals surface area contributed by atoms with Crippen molar-refractivity contribution in [2.75, 3.05) is 0 Å². The molecule has 0 amide bonds. The van der Waals surface area contributed by atoms with Crippen molar-refractivity contribution in [3.63, 3.8) is 0 Å². The summed E-state index contributed by atoms with van der Waals surface area (Å²) in [6.45, 7) is 2.12. The van der Waals surface area contributed by atoms with Gasteiger partial charge in [-0.15, -0.1) is 11.3 Å². The topological polar surface area (TPSA) is 26.0 Å². The normalized spacial score (nSPS) is 16.8. The molecule has 1 fully saturated rings. The first-order valence-corrected chi connectivity index (χ1v) is 7.87. The Morgan fingerprint density at radius 2 is 2.06 bits per heavy atom. The third-order valence-electron chi connectivity index (χ3n) is 3.41. The van der Waals surface area contributed by atoms with Crippen LogP contribution in [0.25, 0.3) is 10.4 Å². The van der Waals surface area contributed by atoms with Crippen LogP contribution in [0.2, 0.25) is 0 Å². The van der Waals surface area contributed by atoms with Crippen LogP contribution in [0.15, 0.2) is 34.8 Å². The minimum absolute atomic E-state index is 0.247. The van der Waals surface area contributed by atoms with Crippen LogP contribution >= 0.6 is 27.3 Å². The number of halogens is 1. The fourth-order valence-electron chi connectivity index (χ4n) is 2.25. The molecule has 1 heterocycles. The number of hydrogen-bond donors (Lipinski definition) is 1. The van der Waals surface area contributed by atoms with E-state index >= 15 is 0 Å². The van der Waals surface area contributed by atoms with Gasteiger partial charge >= 0.3 is 0 Å². The smallest absolute Gasteiger partial charge is 0.0418 e. The van der Waals surface area contributed by atoms with E-state index in [0.717, 1.165) is 10.4 Å². The molecule has 1 aromatic heterocycles. The predicted octanol–water partition coefficient (Wildman–Crippen LogP) is 4.90. The van der Waals surface area contributed by atoms with E-state index in [4.69, 9.17) is 5.73 Å². The van der Waals surface area contributed by atoms with Gasteiger partial charge in [0.2, 0.25) is 0 Å². The van der Waals surface area contributed by atoms with E-state index in [1.807, 2.05) is 11.3 Å². The lowest BCUT2D eigenvalue weighted by atomic mass is 10.1. The van der Waals surface area contributed by atoms with Crippen molar-refractivity contribution in [1.82, 2.24) is 0 Å². The standard InChI is InChI=1S/C15H16BrNS/c1-9-6-11(8-12(16)7-9)13-4-5-14(18-13)15(17)10-2-3-10/h4-8,10,15H,2-3,17H2,1H3. The molecular weight excluding hydrogens is 306 g/mol. The Bertz CT molecular complexity index is 551. The number of nitrogens with two attached hydrogens (primary N) is 1. The zero-order valence-electron chi connectivity index (χ0n) is 10.3. The molecule has 3 heteroatoms. The predicted molar refractivity (Wildman–Crippen MR) is 81.8 cm³/mol. The summed E-state index contributed by atoms with van der Waals surface area (Å²) in [5, 5.41) is 0. The van der Waals surface area contributed by atoms with E-state index < -0.39 is 0 Å². The minimum Gasteiger partial charge on any atom is -0.323 e. The summed E-state index contributed by atoms with van der Waals surface area (Å²) in [6.07, 6.45) is 2.59. The molecule has 0 saturated heterocycles. The molecule has 2 N–H and O–H groups in total. The van der Waals surface area contributed by atoms with Gasteiger partial charge in [0.1, 0.15) is 0 Å². The molecule has 1 nitrogen and oxygen atoms in total. The van der Waals surface area contributed by atoms with Crippen LogP contribution < -0.4 is 5.73 Å². The number of rotatable bonds is 3. The maximum absolute atomic E-state index is 6.25. The maximum atomic E-state index is 6.25. The highest BCUT2D eigenvalue weighted by Crippen LogP contribution is 2.43. The van der Waals surface area contributed by atoms with Gasteiger partial charge in [-0.3, -0.25) is 0 Å². The van der Waals surface area contributed by atoms with Gasteiger partial charge in [-0.1, -0.05) is 22.0 Å². The van der Waals surface area contributed by atoms with E-state index in [0.29, 0.717) is 0 Å². The molecule has 1 aromatic carbocycles. The second-order valence-electron chi connectivity index (χ2n) is 5.08. The summed E-state index contributed by atoms with van der Waals surface area (Å²) in [5.74, 6) is 0.723. The Balaban J connectivity index is 1.92. The van der Waals surface area contributed by atoms with Crippen LogP contribution in [-0.2, 0) is 0 Å². The van der Waals surface area contributed by atoms with Crippen LogP contribution in [0.3, 0.4) is 0 Å². The van der Waals surface area contributed by atoms with Crippen LogP contribution in [0.1, 0.15) is 29.3 Å². The summed E-state index contributed by atoms with van der Waals surface area (Å²) < 4.78 is 1.14. The molecule has 1 saturated carbocycles. The molecule has 0 aliphatic heterocycles. The van der Waals surface area contributed by atoms with Crippen LogP contribution in [0, 0.1) is 12.8 Å². The highest BCUT2D eigenvalue weighted by atomic mass is 79.9. The number of aryl methyl sites for hydroxylation is 1. The van der Waals surface area contributed by atoms with E-state index in [9.17, 15) is 0 Å². The second-order valence-corrected chi connectivity index (χ2v) is 7.11. The van der Waals surface area contributed by atoms with E-state index in [2.05, 4.69) is 53.2 Å². The summed E-state index contributed by atoms with van der Waals surface area (Å²) in [5.41, 5.74) is 8.81. The van der Waals surface area contributed by atoms with E-state index in [-0.39, 0.29) is 6.04 Å². The molecular formula is C15H16BrNS. The van der Waals surface area contributed by atoms with Crippen molar-refractivity contribution >= 4 is 27.3 Å². The van der Waals surface area contributed by atoms with E-state index in [1.165, 1.54) is 33.7 Å². The zero-order chi connectivity index (χ0) is 12.7. The molecule has 94 valence electrons. The lowest BCUT2D eigenvalue weighted by Crippen LogP contribution is -2.10. The summed E-state index contributed by atoms with van der Waals surface area (Å²) in [4.78, 5) is 2.63. The minimum atomic E-state index is 0.247. The number of thiophene rings is 1. The van der Waals surface area contributed by atoms with Crippen molar-refractivity contribution in [2.24, 2.45) is 11.7 Å². The number of benzene rings is 1. The van der Waals surface area contributed by atoms with Crippen molar-refractivity contribution < 1.29 is 0 Å². The molecule has 1 aliphatic rings. The Morgan fingerprint density at radius 1 is 1.28 bits per heavy atom. The summed E-state index contributed by atoms with van der Waals surface area (Å²) >= 11 is 5.39. The maximum Gasteiger partial charge on any atom is 0.0418 e. The van der Waals surface area contributed by atoms with Gasteiger partial charge in [-0.2, -0.15) is 0 Å². The van der Waals surface area contributed by atoms with Crippen LogP contribution in [0.5, 0.6) is 0 Å². The molecule has 1 atom stereocenters. The van der Waals surface area contributed by atoms with Crippen molar-refractivity contribution in [1.29, 1.82) is 0 Å². The Morgan fingerprint density at radius 3 is 2.72 bits per heavy atom. The Hall–Kier alpha value is -0.640. The third kappa shape index (κ3) is 2.53. The summed E-state index contributed by atoms with van der Waals surface area (Å²) in [7, 11) is 0.